The lowest BCUT2D eigenvalue weighted by Gasteiger charge is -2.41. The highest BCUT2D eigenvalue weighted by Crippen LogP contribution is 2.61. The molecule has 4 N–H and O–H groups in total. The van der Waals surface area contributed by atoms with E-state index in [9.17, 15) is 32.4 Å². The van der Waals surface area contributed by atoms with Gasteiger partial charge in [-0.25, -0.2) is 13.2 Å². The fourth-order valence-electron chi connectivity index (χ4n) is 8.23. The zero-order chi connectivity index (χ0) is 38.9. The maximum absolute atomic E-state index is 14.7. The minimum absolute atomic E-state index is 0.00636. The van der Waals surface area contributed by atoms with Crippen LogP contribution in [0.1, 0.15) is 104 Å². The molecule has 3 unspecified atom stereocenters. The summed E-state index contributed by atoms with van der Waals surface area (Å²) < 4.78 is 25.8. The van der Waals surface area contributed by atoms with Gasteiger partial charge < -0.3 is 26.2 Å². The molecule has 1 saturated heterocycles. The summed E-state index contributed by atoms with van der Waals surface area (Å²) in [4.78, 5) is 70.5. The number of rotatable bonds is 14. The van der Waals surface area contributed by atoms with Gasteiger partial charge in [0, 0.05) is 19.0 Å². The van der Waals surface area contributed by atoms with Crippen molar-refractivity contribution in [2.75, 3.05) is 18.8 Å². The molecule has 1 aromatic rings. The van der Waals surface area contributed by atoms with E-state index in [0.29, 0.717) is 19.3 Å². The predicted octanol–water partition coefficient (Wildman–Crippen LogP) is 4.01. The van der Waals surface area contributed by atoms with Crippen LogP contribution >= 0.6 is 0 Å². The summed E-state index contributed by atoms with van der Waals surface area (Å²) in [6, 6.07) is 6.18. The van der Waals surface area contributed by atoms with Crippen molar-refractivity contribution in [1.29, 1.82) is 0 Å². The third kappa shape index (κ3) is 9.32. The smallest absolute Gasteiger partial charge is 0.315 e. The number of ketones is 1. The topological polar surface area (TPSA) is 171 Å². The first-order valence-electron chi connectivity index (χ1n) is 19.2. The van der Waals surface area contributed by atoms with Crippen LogP contribution in [0.4, 0.5) is 4.79 Å². The summed E-state index contributed by atoms with van der Waals surface area (Å²) in [5, 5.41) is 11.3. The summed E-state index contributed by atoms with van der Waals surface area (Å²) in [5.41, 5.74) is -0.692. The van der Waals surface area contributed by atoms with Crippen molar-refractivity contribution < 1.29 is 32.4 Å². The van der Waals surface area contributed by atoms with Crippen LogP contribution in [-0.2, 0) is 29.0 Å². The molecule has 292 valence electrons. The molecule has 1 aliphatic heterocycles. The largest absolute Gasteiger partial charge is 0.346 e. The van der Waals surface area contributed by atoms with Crippen LogP contribution in [0.25, 0.3) is 0 Å². The Morgan fingerprint density at radius 2 is 1.60 bits per heavy atom. The van der Waals surface area contributed by atoms with Gasteiger partial charge in [-0.05, 0) is 68.8 Å². The zero-order valence-corrected chi connectivity index (χ0v) is 33.0. The number of likely N-dealkylation sites (tertiary alicyclic amines) is 1. The molecule has 13 heteroatoms. The number of urea groups is 1. The van der Waals surface area contributed by atoms with Crippen molar-refractivity contribution in [2.45, 2.75) is 127 Å². The van der Waals surface area contributed by atoms with E-state index in [-0.39, 0.29) is 42.5 Å². The number of benzene rings is 1. The van der Waals surface area contributed by atoms with Crippen LogP contribution in [0.5, 0.6) is 0 Å². The lowest BCUT2D eigenvalue weighted by molar-refractivity contribution is -0.144. The molecule has 1 heterocycles. The summed E-state index contributed by atoms with van der Waals surface area (Å²) in [6.07, 6.45) is 7.14. The standard InChI is InChI=1S/C40H59N5O7S/c1-8-21-41-35(48)32(46)28(22-25-17-18-25)42-34(47)31-30-27(29(30)26-15-11-9-12-16-26)23-45(31)36(49)33(38(2,3)4)43-37(50)44-40(19-13-10-14-20-40)24-53(51,52)39(5,6)7/h8-9,11-12,15-16,25,27-31,33H,1,10,13-14,17-24H2,2-7H3,(H,41,48)(H,42,47)(H2,43,44,50)/t27-,28?,29+,30?,31?,33-/m1/s1. The first-order chi connectivity index (χ1) is 24.8. The Hall–Kier alpha value is -3.74. The number of Topliss-reactive ketones (excluding diaryl/α,β-unsaturated/α-hetero) is 1. The SMILES string of the molecule is C=CCNC(=O)C(=O)C(CC1CC1)NC(=O)C1C2[C@@H](c3ccccc3)[C@H]2CN1C(=O)[C@@H](NC(=O)NC1(CS(=O)(=O)C(C)(C)C)CCCCC1)C(C)(C)C. The molecule has 5 rings (SSSR count). The van der Waals surface area contributed by atoms with Crippen LogP contribution in [-0.4, -0.2) is 90.1 Å². The quantitative estimate of drug-likeness (QED) is 0.164. The van der Waals surface area contributed by atoms with Crippen molar-refractivity contribution >= 4 is 39.4 Å². The third-order valence-corrected chi connectivity index (χ3v) is 14.4. The molecule has 6 atom stereocenters. The summed E-state index contributed by atoms with van der Waals surface area (Å²) in [6.45, 7) is 14.5. The number of carbonyl (C=O) groups excluding carboxylic acids is 5. The predicted molar refractivity (Wildman–Crippen MR) is 203 cm³/mol. The van der Waals surface area contributed by atoms with E-state index >= 15 is 0 Å². The van der Waals surface area contributed by atoms with Crippen LogP contribution < -0.4 is 21.3 Å². The second kappa shape index (κ2) is 15.5. The average Bonchev–Trinajstić information content (AvgIpc) is 4.00. The number of carbonyl (C=O) groups is 5. The van der Waals surface area contributed by atoms with E-state index in [2.05, 4.69) is 27.8 Å². The lowest BCUT2D eigenvalue weighted by Crippen LogP contribution is -2.64. The van der Waals surface area contributed by atoms with Gasteiger partial charge in [-0.1, -0.05) is 89.3 Å². The highest BCUT2D eigenvalue weighted by atomic mass is 32.2. The minimum Gasteiger partial charge on any atom is -0.346 e. The van der Waals surface area contributed by atoms with Crippen LogP contribution in [0.2, 0.25) is 0 Å². The Balaban J connectivity index is 1.39. The molecule has 0 bridgehead atoms. The minimum atomic E-state index is -3.58. The number of sulfone groups is 1. The normalized spacial score (nSPS) is 24.9. The first kappa shape index (κ1) is 40.4. The molecule has 12 nitrogen and oxygen atoms in total. The molecular weight excluding hydrogens is 695 g/mol. The molecular formula is C40H59N5O7S. The Kier molecular flexibility index (Phi) is 11.9. The molecule has 5 amide bonds. The Labute approximate surface area is 315 Å². The highest BCUT2D eigenvalue weighted by molar-refractivity contribution is 7.92. The van der Waals surface area contributed by atoms with Gasteiger partial charge in [0.1, 0.15) is 12.1 Å². The van der Waals surface area contributed by atoms with Crippen LogP contribution in [0, 0.1) is 23.2 Å². The number of hydrogen-bond acceptors (Lipinski definition) is 7. The van der Waals surface area contributed by atoms with Gasteiger partial charge in [-0.2, -0.15) is 0 Å². The van der Waals surface area contributed by atoms with E-state index in [1.165, 1.54) is 11.0 Å². The Morgan fingerprint density at radius 1 is 0.962 bits per heavy atom. The molecule has 4 fully saturated rings. The highest BCUT2D eigenvalue weighted by Gasteiger charge is 2.65. The Morgan fingerprint density at radius 3 is 2.17 bits per heavy atom. The molecule has 3 saturated carbocycles. The maximum atomic E-state index is 14.7. The third-order valence-electron chi connectivity index (χ3n) is 11.6. The fourth-order valence-corrected chi connectivity index (χ4v) is 9.75. The lowest BCUT2D eigenvalue weighted by atomic mass is 9.83. The van der Waals surface area contributed by atoms with Crippen molar-refractivity contribution in [3.05, 3.63) is 48.6 Å². The van der Waals surface area contributed by atoms with Gasteiger partial charge in [-0.3, -0.25) is 19.2 Å². The number of hydrogen-bond donors (Lipinski definition) is 4. The van der Waals surface area contributed by atoms with Gasteiger partial charge in [-0.15, -0.1) is 6.58 Å². The van der Waals surface area contributed by atoms with Crippen molar-refractivity contribution in [3.63, 3.8) is 0 Å². The van der Waals surface area contributed by atoms with E-state index in [0.717, 1.165) is 37.7 Å². The second-order valence-corrected chi connectivity index (χ2v) is 20.6. The second-order valence-electron chi connectivity index (χ2n) is 17.8. The van der Waals surface area contributed by atoms with E-state index in [1.807, 2.05) is 51.1 Å². The van der Waals surface area contributed by atoms with Gasteiger partial charge >= 0.3 is 6.03 Å². The van der Waals surface area contributed by atoms with Gasteiger partial charge in [0.15, 0.2) is 9.84 Å². The van der Waals surface area contributed by atoms with E-state index in [4.69, 9.17) is 0 Å². The summed E-state index contributed by atoms with van der Waals surface area (Å²) in [7, 11) is -3.58. The number of fused-ring (bicyclic) bond motifs is 1. The Bertz CT molecular complexity index is 1670. The van der Waals surface area contributed by atoms with Crippen molar-refractivity contribution in [1.82, 2.24) is 26.2 Å². The number of nitrogens with one attached hydrogen (secondary N) is 4. The van der Waals surface area contributed by atoms with Gasteiger partial charge in [0.25, 0.3) is 5.91 Å². The van der Waals surface area contributed by atoms with Gasteiger partial charge in [0.05, 0.1) is 22.1 Å². The van der Waals surface area contributed by atoms with Crippen LogP contribution in [0.15, 0.2) is 43.0 Å². The molecule has 0 spiro atoms. The zero-order valence-electron chi connectivity index (χ0n) is 32.2. The van der Waals surface area contributed by atoms with Gasteiger partial charge in [0.2, 0.25) is 17.6 Å². The molecule has 0 radical (unpaired) electrons. The molecule has 1 aromatic carbocycles. The number of piperidine rings is 1. The number of amides is 5. The van der Waals surface area contributed by atoms with Crippen molar-refractivity contribution in [3.8, 4) is 0 Å². The van der Waals surface area contributed by atoms with E-state index in [1.54, 1.807) is 20.8 Å². The molecule has 53 heavy (non-hydrogen) atoms. The monoisotopic (exact) mass is 753 g/mol. The maximum Gasteiger partial charge on any atom is 0.315 e. The van der Waals surface area contributed by atoms with Crippen molar-refractivity contribution in [2.24, 2.45) is 23.2 Å². The molecule has 4 aliphatic rings. The average molecular weight is 754 g/mol. The van der Waals surface area contributed by atoms with Crippen LogP contribution in [0.3, 0.4) is 0 Å². The summed E-state index contributed by atoms with van der Waals surface area (Å²) in [5.74, 6) is -2.61. The number of nitrogens with zero attached hydrogens (tertiary/aromatic N) is 1. The first-order valence-corrected chi connectivity index (χ1v) is 20.8. The molecule has 0 aromatic heterocycles. The van der Waals surface area contributed by atoms with E-state index < -0.39 is 73.2 Å². The molecule has 3 aliphatic carbocycles. The summed E-state index contributed by atoms with van der Waals surface area (Å²) >= 11 is 0. The fraction of sp³-hybridized carbons (Fsp3) is 0.675.